The highest BCUT2D eigenvalue weighted by atomic mass is 35.5. The molecule has 6 heteroatoms. The first-order valence-corrected chi connectivity index (χ1v) is 5.66. The van der Waals surface area contributed by atoms with Gasteiger partial charge in [0.1, 0.15) is 12.0 Å². The Hall–Kier alpha value is -1.23. The summed E-state index contributed by atoms with van der Waals surface area (Å²) in [7, 11) is 1.83. The number of halogens is 2. The van der Waals surface area contributed by atoms with Crippen LogP contribution in [-0.4, -0.2) is 12.0 Å². The average molecular weight is 273 g/mol. The van der Waals surface area contributed by atoms with Crippen LogP contribution in [0, 0.1) is 0 Å². The second-order valence-electron chi connectivity index (χ2n) is 3.34. The van der Waals surface area contributed by atoms with Crippen LogP contribution in [0.5, 0.6) is 11.8 Å². The van der Waals surface area contributed by atoms with Gasteiger partial charge in [-0.1, -0.05) is 23.2 Å². The molecule has 1 aromatic heterocycles. The van der Waals surface area contributed by atoms with E-state index in [1.165, 1.54) is 6.26 Å². The molecule has 17 heavy (non-hydrogen) atoms. The number of aromatic nitrogens is 1. The molecule has 0 unspecified atom stereocenters. The van der Waals surface area contributed by atoms with Gasteiger partial charge in [0.25, 0.3) is 0 Å². The van der Waals surface area contributed by atoms with Crippen molar-refractivity contribution in [1.29, 1.82) is 0 Å². The molecule has 2 aromatic rings. The Morgan fingerprint density at radius 3 is 2.65 bits per heavy atom. The smallest absolute Gasteiger partial charge is 0.399 e. The number of ether oxygens (including phenoxy) is 1. The summed E-state index contributed by atoms with van der Waals surface area (Å²) in [5, 5.41) is 3.95. The second kappa shape index (κ2) is 5.40. The zero-order valence-electron chi connectivity index (χ0n) is 9.04. The molecule has 1 N–H and O–H groups in total. The van der Waals surface area contributed by atoms with Crippen LogP contribution in [0.3, 0.4) is 0 Å². The number of hydrogen-bond acceptors (Lipinski definition) is 4. The van der Waals surface area contributed by atoms with Crippen molar-refractivity contribution >= 4 is 23.2 Å². The Bertz CT molecular complexity index is 494. The van der Waals surface area contributed by atoms with E-state index in [1.54, 1.807) is 18.2 Å². The van der Waals surface area contributed by atoms with Gasteiger partial charge in [-0.3, -0.25) is 0 Å². The van der Waals surface area contributed by atoms with Crippen LogP contribution in [0.1, 0.15) is 5.69 Å². The first-order chi connectivity index (χ1) is 8.17. The maximum atomic E-state index is 5.85. The standard InChI is InChI=1S/C11H10Cl2N2O2/c1-14-5-9-6-16-11(15-9)17-10-3-7(12)2-8(13)4-10/h2-4,6,14H,5H2,1H3. The molecule has 0 fully saturated rings. The van der Waals surface area contributed by atoms with E-state index in [4.69, 9.17) is 32.4 Å². The maximum absolute atomic E-state index is 5.85. The molecule has 0 atom stereocenters. The summed E-state index contributed by atoms with van der Waals surface area (Å²) in [4.78, 5) is 4.12. The minimum Gasteiger partial charge on any atom is -0.417 e. The van der Waals surface area contributed by atoms with Crippen molar-refractivity contribution in [2.75, 3.05) is 7.05 Å². The highest BCUT2D eigenvalue weighted by molar-refractivity contribution is 6.34. The fraction of sp³-hybridized carbons (Fsp3) is 0.182. The minimum atomic E-state index is 0.161. The summed E-state index contributed by atoms with van der Waals surface area (Å²) in [5.41, 5.74) is 0.760. The zero-order chi connectivity index (χ0) is 12.3. The van der Waals surface area contributed by atoms with Gasteiger partial charge in [-0.25, -0.2) is 0 Å². The van der Waals surface area contributed by atoms with E-state index in [0.717, 1.165) is 5.69 Å². The topological polar surface area (TPSA) is 47.3 Å². The monoisotopic (exact) mass is 272 g/mol. The van der Waals surface area contributed by atoms with Gasteiger partial charge in [0.15, 0.2) is 0 Å². The molecule has 1 aromatic carbocycles. The Labute approximate surface area is 109 Å². The van der Waals surface area contributed by atoms with E-state index in [9.17, 15) is 0 Å². The third-order valence-electron chi connectivity index (χ3n) is 1.93. The molecule has 0 aliphatic rings. The fourth-order valence-electron chi connectivity index (χ4n) is 1.29. The van der Waals surface area contributed by atoms with Crippen LogP contribution < -0.4 is 10.1 Å². The lowest BCUT2D eigenvalue weighted by Crippen LogP contribution is -2.04. The highest BCUT2D eigenvalue weighted by Crippen LogP contribution is 2.27. The lowest BCUT2D eigenvalue weighted by molar-refractivity contribution is 0.331. The number of nitrogens with zero attached hydrogens (tertiary/aromatic N) is 1. The Kier molecular flexibility index (Phi) is 3.89. The fourth-order valence-corrected chi connectivity index (χ4v) is 1.79. The van der Waals surface area contributed by atoms with Crippen molar-refractivity contribution in [1.82, 2.24) is 10.3 Å². The second-order valence-corrected chi connectivity index (χ2v) is 4.22. The molecular weight excluding hydrogens is 263 g/mol. The third kappa shape index (κ3) is 3.36. The van der Waals surface area contributed by atoms with Crippen molar-refractivity contribution in [3.8, 4) is 11.8 Å². The molecule has 0 radical (unpaired) electrons. The first kappa shape index (κ1) is 12.2. The van der Waals surface area contributed by atoms with Gasteiger partial charge in [-0.15, -0.1) is 0 Å². The van der Waals surface area contributed by atoms with Crippen molar-refractivity contribution in [3.05, 3.63) is 40.2 Å². The molecular formula is C11H10Cl2N2O2. The molecule has 0 saturated heterocycles. The van der Waals surface area contributed by atoms with Crippen molar-refractivity contribution in [3.63, 3.8) is 0 Å². The Morgan fingerprint density at radius 2 is 2.00 bits per heavy atom. The number of nitrogens with one attached hydrogen (secondary N) is 1. The Balaban J connectivity index is 2.13. The molecule has 1 heterocycles. The molecule has 0 spiro atoms. The number of benzene rings is 1. The molecule has 0 aliphatic carbocycles. The SMILES string of the molecule is CNCc1coc(Oc2cc(Cl)cc(Cl)c2)n1. The van der Waals surface area contributed by atoms with Crippen molar-refractivity contribution < 1.29 is 9.15 Å². The van der Waals surface area contributed by atoms with E-state index < -0.39 is 0 Å². The summed E-state index contributed by atoms with van der Waals surface area (Å²) in [6.45, 7) is 0.614. The van der Waals surface area contributed by atoms with Crippen LogP contribution in [0.25, 0.3) is 0 Å². The highest BCUT2D eigenvalue weighted by Gasteiger charge is 2.07. The largest absolute Gasteiger partial charge is 0.417 e. The van der Waals surface area contributed by atoms with Crippen LogP contribution in [0.4, 0.5) is 0 Å². The summed E-state index contributed by atoms with van der Waals surface area (Å²) >= 11 is 11.7. The average Bonchev–Trinajstić information content (AvgIpc) is 2.64. The van der Waals surface area contributed by atoms with Crippen molar-refractivity contribution in [2.45, 2.75) is 6.54 Å². The van der Waals surface area contributed by atoms with E-state index in [1.807, 2.05) is 7.05 Å². The molecule has 4 nitrogen and oxygen atoms in total. The predicted octanol–water partition coefficient (Wildman–Crippen LogP) is 3.49. The molecule has 0 amide bonds. The van der Waals surface area contributed by atoms with Gasteiger partial charge in [0.2, 0.25) is 0 Å². The van der Waals surface area contributed by atoms with Gasteiger partial charge in [0, 0.05) is 16.6 Å². The van der Waals surface area contributed by atoms with Gasteiger partial charge < -0.3 is 14.5 Å². The van der Waals surface area contributed by atoms with Crippen molar-refractivity contribution in [2.24, 2.45) is 0 Å². The van der Waals surface area contributed by atoms with Gasteiger partial charge in [0.05, 0.1) is 5.69 Å². The van der Waals surface area contributed by atoms with Gasteiger partial charge in [-0.05, 0) is 25.2 Å². The van der Waals surface area contributed by atoms with Crippen LogP contribution >= 0.6 is 23.2 Å². The molecule has 90 valence electrons. The van der Waals surface area contributed by atoms with Gasteiger partial charge in [-0.2, -0.15) is 4.98 Å². The first-order valence-electron chi connectivity index (χ1n) is 4.90. The van der Waals surface area contributed by atoms with E-state index in [2.05, 4.69) is 10.3 Å². The molecule has 2 rings (SSSR count). The summed E-state index contributed by atoms with van der Waals surface area (Å²) in [6.07, 6.45) is 1.69. The normalized spacial score (nSPS) is 10.5. The molecule has 0 saturated carbocycles. The quantitative estimate of drug-likeness (QED) is 0.926. The minimum absolute atomic E-state index is 0.161. The number of hydrogen-bond donors (Lipinski definition) is 1. The van der Waals surface area contributed by atoms with Gasteiger partial charge >= 0.3 is 6.08 Å². The molecule has 0 bridgehead atoms. The number of oxazole rings is 1. The lowest BCUT2D eigenvalue weighted by Gasteiger charge is -2.01. The van der Waals surface area contributed by atoms with E-state index in [-0.39, 0.29) is 6.08 Å². The summed E-state index contributed by atoms with van der Waals surface area (Å²) < 4.78 is 10.5. The van der Waals surface area contributed by atoms with Crippen LogP contribution in [-0.2, 0) is 6.54 Å². The third-order valence-corrected chi connectivity index (χ3v) is 2.37. The maximum Gasteiger partial charge on any atom is 0.399 e. The zero-order valence-corrected chi connectivity index (χ0v) is 10.5. The summed E-state index contributed by atoms with van der Waals surface area (Å²) in [5.74, 6) is 0.486. The summed E-state index contributed by atoms with van der Waals surface area (Å²) in [6, 6.07) is 4.89. The van der Waals surface area contributed by atoms with E-state index in [0.29, 0.717) is 22.3 Å². The van der Waals surface area contributed by atoms with Crippen LogP contribution in [0.2, 0.25) is 10.0 Å². The van der Waals surface area contributed by atoms with E-state index >= 15 is 0 Å². The lowest BCUT2D eigenvalue weighted by atomic mass is 10.3. The number of rotatable bonds is 4. The molecule has 0 aliphatic heterocycles. The Morgan fingerprint density at radius 1 is 1.29 bits per heavy atom. The van der Waals surface area contributed by atoms with Crippen LogP contribution in [0.15, 0.2) is 28.9 Å². The predicted molar refractivity (Wildman–Crippen MR) is 65.8 cm³/mol.